The summed E-state index contributed by atoms with van der Waals surface area (Å²) >= 11 is 0. The first-order valence-corrected chi connectivity index (χ1v) is 18.1. The molecule has 13 nitrogen and oxygen atoms in total. The predicted molar refractivity (Wildman–Crippen MR) is 194 cm³/mol. The minimum absolute atomic E-state index is 0.0448. The molecule has 0 radical (unpaired) electrons. The molecule has 0 saturated carbocycles. The topological polar surface area (TPSA) is 174 Å². The molecule has 1 aliphatic carbocycles. The van der Waals surface area contributed by atoms with E-state index < -0.39 is 64.5 Å². The normalized spacial score (nSPS) is 22.5. The fourth-order valence-electron chi connectivity index (χ4n) is 6.77. The van der Waals surface area contributed by atoms with Crippen LogP contribution in [-0.4, -0.2) is 95.0 Å². The third kappa shape index (κ3) is 9.94. The smallest absolute Gasteiger partial charge is 0.315 e. The van der Waals surface area contributed by atoms with Gasteiger partial charge in [0.25, 0.3) is 11.8 Å². The second-order valence-electron chi connectivity index (χ2n) is 16.3. The van der Waals surface area contributed by atoms with Gasteiger partial charge in [0.2, 0.25) is 23.5 Å². The highest BCUT2D eigenvalue weighted by Crippen LogP contribution is 2.34. The van der Waals surface area contributed by atoms with E-state index in [0.717, 1.165) is 12.0 Å². The summed E-state index contributed by atoms with van der Waals surface area (Å²) in [5.74, 6) is -3.44. The van der Waals surface area contributed by atoms with Crippen LogP contribution >= 0.6 is 0 Å². The van der Waals surface area contributed by atoms with E-state index in [0.29, 0.717) is 18.4 Å². The van der Waals surface area contributed by atoms with Gasteiger partial charge in [0.15, 0.2) is 0 Å². The SMILES string of the molecule is C=CCNC(=O)C(=O)C(CCC)NC(=O)[C@@H]1[C@@H](C)CCN1C(=O)[C@@H](NC(=O)N[C@H](CN1C(=O)CC2=C(C=CCC2C)C1=O)C(C)(C)C)C(C)(C)C. The highest BCUT2D eigenvalue weighted by molar-refractivity contribution is 6.38. The number of imide groups is 1. The number of carbonyl (C=O) groups is 7. The fraction of sp³-hybridized carbons (Fsp3) is 0.658. The standard InChI is InChI=1S/C38H58N6O7/c1-11-14-26(30(46)33(48)39-18-12-2)40-32(47)29-23(4)17-19-43(29)35(50)31(38(8,9)10)42-36(51)41-27(37(5,6)7)21-44-28(45)20-25-22(3)15-13-16-24(25)34(44)49/h12-13,16,22-23,26-27,29,31H,2,11,14-15,17-21H2,1,3-10H3,(H,39,48)(H,40,47)(H2,41,42,51)/t22?,23-,26?,27+,29-,31+/m0/s1. The molecule has 2 aliphatic heterocycles. The van der Waals surface area contributed by atoms with Crippen molar-refractivity contribution < 1.29 is 33.6 Å². The van der Waals surface area contributed by atoms with Gasteiger partial charge in [-0.15, -0.1) is 6.58 Å². The number of amides is 7. The van der Waals surface area contributed by atoms with Crippen LogP contribution < -0.4 is 21.3 Å². The van der Waals surface area contributed by atoms with Crippen LogP contribution in [0.15, 0.2) is 36.0 Å². The van der Waals surface area contributed by atoms with E-state index in [2.05, 4.69) is 27.8 Å². The van der Waals surface area contributed by atoms with Crippen molar-refractivity contribution in [2.75, 3.05) is 19.6 Å². The Kier molecular flexibility index (Phi) is 13.6. The second kappa shape index (κ2) is 16.8. The minimum Gasteiger partial charge on any atom is -0.346 e. The Morgan fingerprint density at radius 1 is 1.00 bits per heavy atom. The third-order valence-corrected chi connectivity index (χ3v) is 10.0. The van der Waals surface area contributed by atoms with Gasteiger partial charge in [-0.1, -0.05) is 87.0 Å². The Hall–Kier alpha value is -4.29. The van der Waals surface area contributed by atoms with Gasteiger partial charge in [-0.05, 0) is 47.5 Å². The summed E-state index contributed by atoms with van der Waals surface area (Å²) in [5, 5.41) is 10.9. The third-order valence-electron chi connectivity index (χ3n) is 10.0. The van der Waals surface area contributed by atoms with Gasteiger partial charge in [0.1, 0.15) is 12.1 Å². The summed E-state index contributed by atoms with van der Waals surface area (Å²) < 4.78 is 0. The highest BCUT2D eigenvalue weighted by Gasteiger charge is 2.46. The van der Waals surface area contributed by atoms with Crippen LogP contribution in [0.5, 0.6) is 0 Å². The van der Waals surface area contributed by atoms with E-state index in [9.17, 15) is 33.6 Å². The van der Waals surface area contributed by atoms with Crippen molar-refractivity contribution in [2.45, 2.75) is 119 Å². The molecular weight excluding hydrogens is 652 g/mol. The number of Topliss-reactive ketones (excluding diaryl/α,β-unsaturated/α-hetero) is 1. The number of nitrogens with zero attached hydrogens (tertiary/aromatic N) is 2. The zero-order valence-corrected chi connectivity index (χ0v) is 31.8. The van der Waals surface area contributed by atoms with Gasteiger partial charge >= 0.3 is 6.03 Å². The first-order chi connectivity index (χ1) is 23.7. The van der Waals surface area contributed by atoms with E-state index in [1.54, 1.807) is 26.8 Å². The summed E-state index contributed by atoms with van der Waals surface area (Å²) in [6.45, 7) is 20.6. The molecule has 2 unspecified atom stereocenters. The molecule has 3 rings (SSSR count). The molecule has 3 aliphatic rings. The van der Waals surface area contributed by atoms with E-state index in [4.69, 9.17) is 0 Å². The maximum absolute atomic E-state index is 14.3. The average molecular weight is 711 g/mol. The zero-order chi connectivity index (χ0) is 38.4. The Bertz CT molecular complexity index is 1470. The summed E-state index contributed by atoms with van der Waals surface area (Å²) in [6.07, 6.45) is 7.38. The molecule has 1 saturated heterocycles. The maximum Gasteiger partial charge on any atom is 0.315 e. The van der Waals surface area contributed by atoms with Gasteiger partial charge in [0.05, 0.1) is 12.1 Å². The van der Waals surface area contributed by atoms with Gasteiger partial charge < -0.3 is 26.2 Å². The number of hydrogen-bond acceptors (Lipinski definition) is 7. The van der Waals surface area contributed by atoms with E-state index in [1.165, 1.54) is 15.9 Å². The number of allylic oxidation sites excluding steroid dienone is 1. The fourth-order valence-corrected chi connectivity index (χ4v) is 6.77. The molecule has 13 heteroatoms. The van der Waals surface area contributed by atoms with E-state index >= 15 is 0 Å². The van der Waals surface area contributed by atoms with E-state index in [1.807, 2.05) is 47.6 Å². The van der Waals surface area contributed by atoms with Crippen molar-refractivity contribution in [3.63, 3.8) is 0 Å². The highest BCUT2D eigenvalue weighted by atomic mass is 16.2. The average Bonchev–Trinajstić information content (AvgIpc) is 3.43. The van der Waals surface area contributed by atoms with Crippen LogP contribution in [0.4, 0.5) is 4.79 Å². The monoisotopic (exact) mass is 710 g/mol. The summed E-state index contributed by atoms with van der Waals surface area (Å²) in [4.78, 5) is 96.3. The summed E-state index contributed by atoms with van der Waals surface area (Å²) in [7, 11) is 0. The zero-order valence-electron chi connectivity index (χ0n) is 31.8. The molecule has 0 aromatic heterocycles. The van der Waals surface area contributed by atoms with Crippen LogP contribution in [0.3, 0.4) is 0 Å². The van der Waals surface area contributed by atoms with Crippen molar-refractivity contribution >= 4 is 41.4 Å². The molecule has 0 aromatic rings. The molecule has 51 heavy (non-hydrogen) atoms. The Morgan fingerprint density at radius 3 is 2.25 bits per heavy atom. The Labute approximate surface area is 302 Å². The molecule has 0 aromatic carbocycles. The van der Waals surface area contributed by atoms with Gasteiger partial charge in [-0.25, -0.2) is 4.79 Å². The molecule has 282 valence electrons. The summed E-state index contributed by atoms with van der Waals surface area (Å²) in [5.41, 5.74) is 0.0157. The first-order valence-electron chi connectivity index (χ1n) is 18.1. The number of likely N-dealkylation sites (tertiary alicyclic amines) is 1. The van der Waals surface area contributed by atoms with Crippen LogP contribution in [0.1, 0.15) is 94.4 Å². The Balaban J connectivity index is 1.79. The van der Waals surface area contributed by atoms with Gasteiger partial charge in [0, 0.05) is 31.6 Å². The number of ketones is 1. The lowest BCUT2D eigenvalue weighted by Gasteiger charge is -2.39. The molecule has 4 N–H and O–H groups in total. The van der Waals surface area contributed by atoms with Crippen molar-refractivity contribution in [3.8, 4) is 0 Å². The lowest BCUT2D eigenvalue weighted by Crippen LogP contribution is -2.62. The maximum atomic E-state index is 14.3. The predicted octanol–water partition coefficient (Wildman–Crippen LogP) is 3.16. The van der Waals surface area contributed by atoms with Crippen molar-refractivity contribution in [3.05, 3.63) is 36.0 Å². The molecule has 6 atom stereocenters. The number of urea groups is 1. The second-order valence-corrected chi connectivity index (χ2v) is 16.3. The minimum atomic E-state index is -1.06. The first kappa shape index (κ1) is 41.1. The molecule has 1 fully saturated rings. The molecule has 2 heterocycles. The molecule has 7 amide bonds. The molecule has 0 bridgehead atoms. The van der Waals surface area contributed by atoms with Crippen LogP contribution in [0, 0.1) is 22.7 Å². The van der Waals surface area contributed by atoms with Crippen molar-refractivity contribution in [2.24, 2.45) is 22.7 Å². The number of nitrogens with one attached hydrogen (secondary N) is 4. The lowest BCUT2D eigenvalue weighted by atomic mass is 9.82. The van der Waals surface area contributed by atoms with Crippen molar-refractivity contribution in [1.29, 1.82) is 0 Å². The quantitative estimate of drug-likeness (QED) is 0.129. The number of carbonyl (C=O) groups excluding carboxylic acids is 7. The molecular formula is C38H58N6O7. The van der Waals surface area contributed by atoms with Crippen LogP contribution in [-0.2, 0) is 28.8 Å². The largest absolute Gasteiger partial charge is 0.346 e. The summed E-state index contributed by atoms with van der Waals surface area (Å²) in [6, 6.07) is -4.36. The number of hydrogen-bond donors (Lipinski definition) is 4. The Morgan fingerprint density at radius 2 is 1.67 bits per heavy atom. The van der Waals surface area contributed by atoms with Crippen LogP contribution in [0.2, 0.25) is 0 Å². The van der Waals surface area contributed by atoms with Gasteiger partial charge in [-0.3, -0.25) is 33.7 Å². The van der Waals surface area contributed by atoms with Gasteiger partial charge in [-0.2, -0.15) is 0 Å². The number of rotatable bonds is 13. The molecule has 0 spiro atoms. The lowest BCUT2D eigenvalue weighted by molar-refractivity contribution is -0.144. The van der Waals surface area contributed by atoms with E-state index in [-0.39, 0.29) is 56.1 Å². The van der Waals surface area contributed by atoms with Crippen molar-refractivity contribution in [1.82, 2.24) is 31.1 Å². The van der Waals surface area contributed by atoms with Crippen LogP contribution in [0.25, 0.3) is 0 Å².